The maximum atomic E-state index is 12.7. The average molecular weight is 158 g/mol. The monoisotopic (exact) mass is 158 g/mol. The van der Waals surface area contributed by atoms with Crippen LogP contribution in [0.5, 0.6) is 0 Å². The van der Waals surface area contributed by atoms with E-state index < -0.39 is 6.17 Å². The number of halogens is 1. The maximum Gasteiger partial charge on any atom is 0.100 e. The summed E-state index contributed by atoms with van der Waals surface area (Å²) in [7, 11) is 0. The van der Waals surface area contributed by atoms with Crippen molar-refractivity contribution < 1.29 is 4.39 Å². The summed E-state index contributed by atoms with van der Waals surface area (Å²) < 4.78 is 12.7. The van der Waals surface area contributed by atoms with Crippen LogP contribution in [-0.4, -0.2) is 6.17 Å². The highest BCUT2D eigenvalue weighted by atomic mass is 19.1. The molecule has 0 saturated heterocycles. The quantitative estimate of drug-likeness (QED) is 0.589. The third kappa shape index (κ3) is 3.22. The topological polar surface area (TPSA) is 0 Å². The Morgan fingerprint density at radius 2 is 2.09 bits per heavy atom. The lowest BCUT2D eigenvalue weighted by Gasteiger charge is -2.09. The summed E-state index contributed by atoms with van der Waals surface area (Å²) in [5.74, 6) is 1.49. The lowest BCUT2D eigenvalue weighted by atomic mass is 9.97. The van der Waals surface area contributed by atoms with Crippen molar-refractivity contribution in [1.82, 2.24) is 0 Å². The Morgan fingerprint density at radius 1 is 1.36 bits per heavy atom. The van der Waals surface area contributed by atoms with E-state index in [2.05, 4.69) is 13.8 Å². The smallest absolute Gasteiger partial charge is 0.100 e. The van der Waals surface area contributed by atoms with Crippen LogP contribution in [0.4, 0.5) is 4.39 Å². The molecule has 1 heteroatoms. The van der Waals surface area contributed by atoms with Crippen LogP contribution < -0.4 is 0 Å². The summed E-state index contributed by atoms with van der Waals surface area (Å²) in [5, 5.41) is 0. The van der Waals surface area contributed by atoms with Gasteiger partial charge in [0.2, 0.25) is 0 Å². The molecule has 0 nitrogen and oxygen atoms in total. The summed E-state index contributed by atoms with van der Waals surface area (Å²) in [6.45, 7) is 4.48. The second kappa shape index (κ2) is 4.08. The average Bonchev–Trinajstić information content (AvgIpc) is 2.31. The predicted octanol–water partition coefficient (Wildman–Crippen LogP) is 3.56. The fourth-order valence-electron chi connectivity index (χ4n) is 1.85. The zero-order valence-electron chi connectivity index (χ0n) is 7.65. The van der Waals surface area contributed by atoms with E-state index in [0.29, 0.717) is 5.92 Å². The van der Waals surface area contributed by atoms with Gasteiger partial charge >= 0.3 is 0 Å². The minimum atomic E-state index is -0.479. The van der Waals surface area contributed by atoms with Gasteiger partial charge in [-0.15, -0.1) is 0 Å². The van der Waals surface area contributed by atoms with Crippen LogP contribution in [0.3, 0.4) is 0 Å². The molecule has 0 aliphatic heterocycles. The van der Waals surface area contributed by atoms with Crippen molar-refractivity contribution >= 4 is 0 Å². The van der Waals surface area contributed by atoms with E-state index in [-0.39, 0.29) is 0 Å². The van der Waals surface area contributed by atoms with Crippen LogP contribution in [0.25, 0.3) is 0 Å². The second-order valence-corrected chi connectivity index (χ2v) is 4.25. The fraction of sp³-hybridized carbons (Fsp3) is 1.00. The van der Waals surface area contributed by atoms with Crippen molar-refractivity contribution in [3.63, 3.8) is 0 Å². The summed E-state index contributed by atoms with van der Waals surface area (Å²) >= 11 is 0. The van der Waals surface area contributed by atoms with Gasteiger partial charge in [0, 0.05) is 0 Å². The highest BCUT2D eigenvalue weighted by Crippen LogP contribution is 2.31. The molecule has 0 radical (unpaired) electrons. The molecular weight excluding hydrogens is 139 g/mol. The van der Waals surface area contributed by atoms with Gasteiger partial charge in [-0.05, 0) is 31.1 Å². The van der Waals surface area contributed by atoms with Gasteiger partial charge in [-0.2, -0.15) is 0 Å². The Kier molecular flexibility index (Phi) is 3.35. The van der Waals surface area contributed by atoms with E-state index in [0.717, 1.165) is 25.2 Å². The molecule has 66 valence electrons. The van der Waals surface area contributed by atoms with Gasteiger partial charge in [-0.3, -0.25) is 0 Å². The van der Waals surface area contributed by atoms with Crippen LogP contribution >= 0.6 is 0 Å². The molecule has 1 fully saturated rings. The van der Waals surface area contributed by atoms with Crippen LogP contribution in [-0.2, 0) is 0 Å². The molecule has 0 spiro atoms. The Balaban J connectivity index is 2.08. The molecule has 1 aliphatic rings. The number of rotatable bonds is 3. The van der Waals surface area contributed by atoms with Crippen molar-refractivity contribution in [2.45, 2.75) is 52.1 Å². The number of hydrogen-bond donors (Lipinski definition) is 0. The van der Waals surface area contributed by atoms with E-state index in [1.54, 1.807) is 0 Å². The molecule has 1 rings (SSSR count). The zero-order chi connectivity index (χ0) is 8.27. The Morgan fingerprint density at radius 3 is 2.55 bits per heavy atom. The van der Waals surface area contributed by atoms with Gasteiger partial charge in [0.15, 0.2) is 0 Å². The predicted molar refractivity (Wildman–Crippen MR) is 46.3 cm³/mol. The maximum absolute atomic E-state index is 12.7. The highest BCUT2D eigenvalue weighted by Gasteiger charge is 2.23. The van der Waals surface area contributed by atoms with Crippen molar-refractivity contribution in [2.24, 2.45) is 11.8 Å². The molecule has 0 heterocycles. The van der Waals surface area contributed by atoms with Crippen molar-refractivity contribution in [1.29, 1.82) is 0 Å². The summed E-state index contributed by atoms with van der Waals surface area (Å²) in [6.07, 6.45) is 4.84. The zero-order valence-corrected chi connectivity index (χ0v) is 7.65. The third-order valence-electron chi connectivity index (χ3n) is 2.63. The van der Waals surface area contributed by atoms with Crippen molar-refractivity contribution in [3.05, 3.63) is 0 Å². The van der Waals surface area contributed by atoms with E-state index in [1.165, 1.54) is 12.8 Å². The molecule has 1 saturated carbocycles. The molecule has 0 amide bonds. The Hall–Kier alpha value is -0.0700. The van der Waals surface area contributed by atoms with Crippen LogP contribution in [0.2, 0.25) is 0 Å². The van der Waals surface area contributed by atoms with E-state index in [9.17, 15) is 4.39 Å². The number of hydrogen-bond acceptors (Lipinski definition) is 0. The van der Waals surface area contributed by atoms with Gasteiger partial charge in [-0.1, -0.05) is 26.7 Å². The lowest BCUT2D eigenvalue weighted by Crippen LogP contribution is -1.98. The fourth-order valence-corrected chi connectivity index (χ4v) is 1.85. The summed E-state index contributed by atoms with van der Waals surface area (Å²) in [5.41, 5.74) is 0. The molecule has 0 aromatic carbocycles. The minimum Gasteiger partial charge on any atom is -0.247 e. The van der Waals surface area contributed by atoms with E-state index >= 15 is 0 Å². The first-order chi connectivity index (χ1) is 5.18. The van der Waals surface area contributed by atoms with Crippen molar-refractivity contribution in [3.8, 4) is 0 Å². The van der Waals surface area contributed by atoms with Crippen molar-refractivity contribution in [2.75, 3.05) is 0 Å². The van der Waals surface area contributed by atoms with Crippen LogP contribution in [0.15, 0.2) is 0 Å². The Labute approximate surface area is 69.2 Å². The summed E-state index contributed by atoms with van der Waals surface area (Å²) in [4.78, 5) is 0. The number of alkyl halides is 1. The third-order valence-corrected chi connectivity index (χ3v) is 2.63. The van der Waals surface area contributed by atoms with Gasteiger partial charge in [0.25, 0.3) is 0 Å². The van der Waals surface area contributed by atoms with Crippen LogP contribution in [0, 0.1) is 11.8 Å². The Bertz CT molecular complexity index is 109. The van der Waals surface area contributed by atoms with E-state index in [1.807, 2.05) is 0 Å². The second-order valence-electron chi connectivity index (χ2n) is 4.25. The largest absolute Gasteiger partial charge is 0.247 e. The molecule has 0 N–H and O–H groups in total. The first-order valence-corrected chi connectivity index (χ1v) is 4.82. The molecule has 0 aromatic rings. The molecular formula is C10H19F. The molecule has 1 aliphatic carbocycles. The molecule has 11 heavy (non-hydrogen) atoms. The normalized spacial score (nSPS) is 31.6. The standard InChI is InChI=1S/C10H19F/c1-8(2)3-4-9-5-6-10(11)7-9/h8-10H,3-7H2,1-2H3. The molecule has 2 unspecified atom stereocenters. The van der Waals surface area contributed by atoms with Gasteiger partial charge in [0.05, 0.1) is 0 Å². The highest BCUT2D eigenvalue weighted by molar-refractivity contribution is 4.74. The molecule has 0 bridgehead atoms. The van der Waals surface area contributed by atoms with E-state index in [4.69, 9.17) is 0 Å². The SMILES string of the molecule is CC(C)CCC1CCC(F)C1. The first-order valence-electron chi connectivity index (χ1n) is 4.82. The van der Waals surface area contributed by atoms with Gasteiger partial charge in [0.1, 0.15) is 6.17 Å². The first kappa shape index (κ1) is 9.02. The van der Waals surface area contributed by atoms with Gasteiger partial charge < -0.3 is 0 Å². The van der Waals surface area contributed by atoms with Crippen LogP contribution in [0.1, 0.15) is 46.0 Å². The van der Waals surface area contributed by atoms with Gasteiger partial charge in [-0.25, -0.2) is 4.39 Å². The molecule has 0 aromatic heterocycles. The lowest BCUT2D eigenvalue weighted by molar-refractivity contribution is 0.323. The molecule has 2 atom stereocenters. The minimum absolute atomic E-state index is 0.479. The summed E-state index contributed by atoms with van der Waals surface area (Å²) in [6, 6.07) is 0.